The molecule has 0 aromatic rings. The van der Waals surface area contributed by atoms with Crippen molar-refractivity contribution in [3.8, 4) is 0 Å². The molecule has 1 nitrogen and oxygen atoms in total. The Morgan fingerprint density at radius 3 is 1.94 bits per heavy atom. The molecule has 2 aliphatic carbocycles. The molecule has 2 aliphatic rings. The highest BCUT2D eigenvalue weighted by Gasteiger charge is 2.36. The largest absolute Gasteiger partial charge is 0.272 e. The van der Waals surface area contributed by atoms with E-state index in [1.807, 2.05) is 13.8 Å². The molecular formula is C14H17ClO. The highest BCUT2D eigenvalue weighted by molar-refractivity contribution is 6.07. The molecule has 0 unspecified atom stereocenters. The van der Waals surface area contributed by atoms with Gasteiger partial charge < -0.3 is 0 Å². The van der Waals surface area contributed by atoms with Crippen molar-refractivity contribution >= 4 is 11.9 Å². The summed E-state index contributed by atoms with van der Waals surface area (Å²) < 4.78 is 5.16. The predicted molar refractivity (Wildman–Crippen MR) is 68.2 cm³/mol. The maximum atomic E-state index is 5.65. The molecular weight excluding hydrogens is 220 g/mol. The summed E-state index contributed by atoms with van der Waals surface area (Å²) in [6.45, 7) is 4.09. The Balaban J connectivity index is 2.26. The minimum absolute atomic E-state index is 0.273. The molecule has 0 aliphatic heterocycles. The second-order valence-electron chi connectivity index (χ2n) is 4.86. The molecule has 2 rings (SSSR count). The third kappa shape index (κ3) is 2.16. The molecule has 0 saturated heterocycles. The summed E-state index contributed by atoms with van der Waals surface area (Å²) in [7, 11) is 0. The molecule has 2 heteroatoms. The van der Waals surface area contributed by atoms with Crippen LogP contribution in [0.25, 0.3) is 0 Å². The van der Waals surface area contributed by atoms with Crippen LogP contribution in [0.3, 0.4) is 0 Å². The molecule has 0 saturated carbocycles. The van der Waals surface area contributed by atoms with Crippen molar-refractivity contribution in [3.63, 3.8) is 0 Å². The van der Waals surface area contributed by atoms with E-state index in [1.54, 1.807) is 0 Å². The Labute approximate surface area is 102 Å². The minimum Gasteiger partial charge on any atom is -0.272 e. The normalized spacial score (nSPS) is 19.5. The van der Waals surface area contributed by atoms with Gasteiger partial charge in [-0.05, 0) is 26.7 Å². The van der Waals surface area contributed by atoms with Crippen LogP contribution >= 0.6 is 11.9 Å². The van der Waals surface area contributed by atoms with Crippen molar-refractivity contribution in [2.45, 2.75) is 32.3 Å². The molecule has 0 aromatic heterocycles. The monoisotopic (exact) mass is 236 g/mol. The van der Waals surface area contributed by atoms with Gasteiger partial charge in [-0.2, -0.15) is 0 Å². The molecule has 0 aromatic carbocycles. The fourth-order valence-electron chi connectivity index (χ4n) is 2.53. The van der Waals surface area contributed by atoms with Crippen LogP contribution in [0.5, 0.6) is 0 Å². The average Bonchev–Trinajstić information content (AvgIpc) is 2.90. The molecule has 0 atom stereocenters. The molecule has 0 radical (unpaired) electrons. The van der Waals surface area contributed by atoms with Gasteiger partial charge in [0.2, 0.25) is 0 Å². The summed E-state index contributed by atoms with van der Waals surface area (Å²) in [5.41, 5.74) is 2.42. The second kappa shape index (κ2) is 4.60. The first-order valence-corrected chi connectivity index (χ1v) is 5.97. The molecule has 0 fully saturated rings. The Kier molecular flexibility index (Phi) is 3.36. The highest BCUT2D eigenvalue weighted by atomic mass is 35.5. The number of allylic oxidation sites excluding steroid dienone is 6. The van der Waals surface area contributed by atoms with Crippen molar-refractivity contribution in [1.82, 2.24) is 0 Å². The van der Waals surface area contributed by atoms with Crippen LogP contribution in [0.1, 0.15) is 26.7 Å². The van der Waals surface area contributed by atoms with Crippen molar-refractivity contribution in [1.29, 1.82) is 0 Å². The first-order valence-electron chi connectivity index (χ1n) is 5.66. The van der Waals surface area contributed by atoms with Crippen molar-refractivity contribution in [2.24, 2.45) is 5.92 Å². The minimum atomic E-state index is -0.364. The summed E-state index contributed by atoms with van der Waals surface area (Å²) >= 11 is 5.65. The van der Waals surface area contributed by atoms with Crippen LogP contribution < -0.4 is 0 Å². The molecule has 0 heterocycles. The standard InChI is InChI=1S/C14H17ClO/c1-14(2,16-15)13(11-7-3-4-8-11)12-9-5-6-10-12/h3-7,9,13H,8,10H2,1-2H3. The van der Waals surface area contributed by atoms with Gasteiger partial charge >= 0.3 is 0 Å². The zero-order valence-corrected chi connectivity index (χ0v) is 10.5. The van der Waals surface area contributed by atoms with E-state index in [0.717, 1.165) is 12.8 Å². The third-order valence-electron chi connectivity index (χ3n) is 3.24. The Hall–Kier alpha value is -0.790. The van der Waals surface area contributed by atoms with Crippen LogP contribution in [0.2, 0.25) is 0 Å². The average molecular weight is 237 g/mol. The van der Waals surface area contributed by atoms with Crippen LogP contribution in [-0.4, -0.2) is 5.60 Å². The lowest BCUT2D eigenvalue weighted by molar-refractivity contribution is 0.0857. The first-order chi connectivity index (χ1) is 7.65. The lowest BCUT2D eigenvalue weighted by Crippen LogP contribution is -2.34. The van der Waals surface area contributed by atoms with Gasteiger partial charge in [0, 0.05) is 5.92 Å². The first kappa shape index (κ1) is 11.7. The topological polar surface area (TPSA) is 9.23 Å². The summed E-state index contributed by atoms with van der Waals surface area (Å²) in [5.74, 6) is 0.273. The maximum absolute atomic E-state index is 5.65. The molecule has 0 N–H and O–H groups in total. The van der Waals surface area contributed by atoms with Crippen LogP contribution in [0, 0.1) is 5.92 Å². The van der Waals surface area contributed by atoms with Gasteiger partial charge in [0.05, 0.1) is 17.5 Å². The SMILES string of the molecule is CC(C)(OCl)C(C1=CC=CC1)C1=CC=CC1. The fraction of sp³-hybridized carbons (Fsp3) is 0.429. The van der Waals surface area contributed by atoms with E-state index >= 15 is 0 Å². The summed E-state index contributed by atoms with van der Waals surface area (Å²) in [4.78, 5) is 0. The molecule has 0 amide bonds. The van der Waals surface area contributed by atoms with E-state index in [1.165, 1.54) is 11.1 Å². The van der Waals surface area contributed by atoms with E-state index in [0.29, 0.717) is 0 Å². The number of hydrogen-bond acceptors (Lipinski definition) is 1. The number of halogens is 1. The summed E-state index contributed by atoms with van der Waals surface area (Å²) in [5, 5.41) is 0. The fourth-order valence-corrected chi connectivity index (χ4v) is 2.62. The predicted octanol–water partition coefficient (Wildman–Crippen LogP) is 4.32. The van der Waals surface area contributed by atoms with Crippen LogP contribution in [0.4, 0.5) is 0 Å². The van der Waals surface area contributed by atoms with Gasteiger partial charge in [-0.15, -0.1) is 0 Å². The van der Waals surface area contributed by atoms with Gasteiger partial charge in [0.25, 0.3) is 0 Å². The van der Waals surface area contributed by atoms with E-state index in [9.17, 15) is 0 Å². The molecule has 86 valence electrons. The summed E-state index contributed by atoms with van der Waals surface area (Å²) in [6, 6.07) is 0. The van der Waals surface area contributed by atoms with E-state index in [2.05, 4.69) is 36.5 Å². The molecule has 0 spiro atoms. The smallest absolute Gasteiger partial charge is 0.0943 e. The number of rotatable bonds is 4. The van der Waals surface area contributed by atoms with Crippen molar-refractivity contribution in [2.75, 3.05) is 0 Å². The lowest BCUT2D eigenvalue weighted by atomic mass is 9.78. The van der Waals surface area contributed by atoms with Crippen LogP contribution in [-0.2, 0) is 4.29 Å². The Morgan fingerprint density at radius 1 is 1.12 bits per heavy atom. The summed E-state index contributed by atoms with van der Waals surface area (Å²) in [6.07, 6.45) is 14.9. The van der Waals surface area contributed by atoms with Gasteiger partial charge in [0.15, 0.2) is 0 Å². The van der Waals surface area contributed by atoms with Gasteiger partial charge in [0.1, 0.15) is 0 Å². The Bertz CT molecular complexity index is 356. The van der Waals surface area contributed by atoms with Gasteiger partial charge in [-0.3, -0.25) is 4.29 Å². The molecule has 0 bridgehead atoms. The third-order valence-corrected chi connectivity index (χ3v) is 3.63. The zero-order valence-electron chi connectivity index (χ0n) is 9.74. The maximum Gasteiger partial charge on any atom is 0.0943 e. The zero-order chi connectivity index (χ0) is 11.6. The second-order valence-corrected chi connectivity index (χ2v) is 5.02. The lowest BCUT2D eigenvalue weighted by Gasteiger charge is -2.33. The highest BCUT2D eigenvalue weighted by Crippen LogP contribution is 2.40. The van der Waals surface area contributed by atoms with E-state index < -0.39 is 0 Å². The van der Waals surface area contributed by atoms with E-state index in [4.69, 9.17) is 16.2 Å². The quantitative estimate of drug-likeness (QED) is 0.706. The Morgan fingerprint density at radius 2 is 1.62 bits per heavy atom. The molecule has 16 heavy (non-hydrogen) atoms. The number of hydrogen-bond donors (Lipinski definition) is 0. The van der Waals surface area contributed by atoms with Crippen molar-refractivity contribution < 1.29 is 4.29 Å². The van der Waals surface area contributed by atoms with Crippen molar-refractivity contribution in [3.05, 3.63) is 47.6 Å². The van der Waals surface area contributed by atoms with E-state index in [-0.39, 0.29) is 11.5 Å². The van der Waals surface area contributed by atoms with Gasteiger partial charge in [-0.1, -0.05) is 47.6 Å². The van der Waals surface area contributed by atoms with Gasteiger partial charge in [-0.25, -0.2) is 0 Å². The van der Waals surface area contributed by atoms with Crippen LogP contribution in [0.15, 0.2) is 47.6 Å².